The minimum absolute atomic E-state index is 0.123. The van der Waals surface area contributed by atoms with Crippen LogP contribution >= 0.6 is 0 Å². The van der Waals surface area contributed by atoms with Crippen LogP contribution in [0, 0.1) is 11.8 Å². The average Bonchev–Trinajstić information content (AvgIpc) is 2.52. The summed E-state index contributed by atoms with van der Waals surface area (Å²) in [6.45, 7) is 0.377. The van der Waals surface area contributed by atoms with Crippen LogP contribution in [0.15, 0.2) is 48.5 Å². The number of ether oxygens (including phenoxy) is 2. The molecule has 0 radical (unpaired) electrons. The maximum atomic E-state index is 8.63. The molecule has 0 aromatic heterocycles. The van der Waals surface area contributed by atoms with Gasteiger partial charge in [0.2, 0.25) is 0 Å². The fraction of sp³-hybridized carbons (Fsp3) is 0.176. The van der Waals surface area contributed by atoms with Gasteiger partial charge in [-0.2, -0.15) is 0 Å². The molecule has 20 heavy (non-hydrogen) atoms. The van der Waals surface area contributed by atoms with Gasteiger partial charge in [-0.15, -0.1) is 0 Å². The van der Waals surface area contributed by atoms with Crippen LogP contribution in [0.25, 0.3) is 0 Å². The van der Waals surface area contributed by atoms with Gasteiger partial charge in [0.15, 0.2) is 0 Å². The number of rotatable bonds is 4. The minimum atomic E-state index is -0.123. The van der Waals surface area contributed by atoms with E-state index in [0.29, 0.717) is 6.61 Å². The number of hydrogen-bond donors (Lipinski definition) is 1. The molecule has 2 aromatic carbocycles. The Kier molecular flexibility index (Phi) is 5.05. The van der Waals surface area contributed by atoms with Gasteiger partial charge in [-0.05, 0) is 42.0 Å². The molecule has 0 aliphatic carbocycles. The van der Waals surface area contributed by atoms with Crippen molar-refractivity contribution in [3.63, 3.8) is 0 Å². The normalized spacial score (nSPS) is 9.50. The van der Waals surface area contributed by atoms with Crippen LogP contribution in [-0.2, 0) is 6.61 Å². The predicted octanol–water partition coefficient (Wildman–Crippen LogP) is 2.62. The second kappa shape index (κ2) is 7.22. The molecule has 3 heteroatoms. The summed E-state index contributed by atoms with van der Waals surface area (Å²) in [5.41, 5.74) is 1.95. The number of aliphatic hydroxyl groups is 1. The molecule has 0 unspecified atom stereocenters. The number of aliphatic hydroxyl groups excluding tert-OH is 1. The monoisotopic (exact) mass is 268 g/mol. The Bertz CT molecular complexity index is 589. The largest absolute Gasteiger partial charge is 0.497 e. The number of benzene rings is 2. The van der Waals surface area contributed by atoms with Gasteiger partial charge in [0.25, 0.3) is 0 Å². The van der Waals surface area contributed by atoms with Gasteiger partial charge in [-0.3, -0.25) is 0 Å². The Hall–Kier alpha value is -2.44. The lowest BCUT2D eigenvalue weighted by Gasteiger charge is -2.07. The van der Waals surface area contributed by atoms with E-state index in [9.17, 15) is 0 Å². The molecule has 0 spiro atoms. The first kappa shape index (κ1) is 14.0. The first-order chi connectivity index (χ1) is 9.81. The molecule has 2 aromatic rings. The molecule has 0 aliphatic heterocycles. The van der Waals surface area contributed by atoms with E-state index in [0.717, 1.165) is 22.6 Å². The fourth-order valence-electron chi connectivity index (χ4n) is 1.66. The summed E-state index contributed by atoms with van der Waals surface area (Å²) < 4.78 is 10.8. The topological polar surface area (TPSA) is 38.7 Å². The van der Waals surface area contributed by atoms with Crippen molar-refractivity contribution in [3.05, 3.63) is 59.7 Å². The van der Waals surface area contributed by atoms with E-state index in [1.54, 1.807) is 7.11 Å². The summed E-state index contributed by atoms with van der Waals surface area (Å²) in [4.78, 5) is 0. The van der Waals surface area contributed by atoms with E-state index in [4.69, 9.17) is 14.6 Å². The summed E-state index contributed by atoms with van der Waals surface area (Å²) in [7, 11) is 1.64. The van der Waals surface area contributed by atoms with Crippen molar-refractivity contribution >= 4 is 0 Å². The highest BCUT2D eigenvalue weighted by atomic mass is 16.5. The first-order valence-corrected chi connectivity index (χ1v) is 6.27. The molecule has 0 heterocycles. The molecular formula is C17H16O3. The Morgan fingerprint density at radius 2 is 1.60 bits per heavy atom. The van der Waals surface area contributed by atoms with Crippen LogP contribution in [0.5, 0.6) is 11.5 Å². The highest BCUT2D eigenvalue weighted by Crippen LogP contribution is 2.18. The third kappa shape index (κ3) is 4.04. The molecule has 0 atom stereocenters. The molecule has 1 N–H and O–H groups in total. The van der Waals surface area contributed by atoms with E-state index in [1.165, 1.54) is 0 Å². The zero-order valence-electron chi connectivity index (χ0n) is 11.3. The van der Waals surface area contributed by atoms with E-state index < -0.39 is 0 Å². The van der Waals surface area contributed by atoms with Crippen molar-refractivity contribution in [2.75, 3.05) is 13.7 Å². The molecule has 2 rings (SSSR count). The van der Waals surface area contributed by atoms with Crippen LogP contribution in [0.1, 0.15) is 11.1 Å². The molecule has 0 aliphatic rings. The van der Waals surface area contributed by atoms with Crippen molar-refractivity contribution < 1.29 is 14.6 Å². The molecule has 3 nitrogen and oxygen atoms in total. The summed E-state index contributed by atoms with van der Waals surface area (Å²) in [5.74, 6) is 7.08. The van der Waals surface area contributed by atoms with Gasteiger partial charge in [-0.1, -0.05) is 24.0 Å². The molecule has 0 fully saturated rings. The van der Waals surface area contributed by atoms with E-state index in [2.05, 4.69) is 11.8 Å². The van der Waals surface area contributed by atoms with Gasteiger partial charge in [-0.25, -0.2) is 0 Å². The third-order valence-corrected chi connectivity index (χ3v) is 2.73. The third-order valence-electron chi connectivity index (χ3n) is 2.73. The molecule has 102 valence electrons. The van der Waals surface area contributed by atoms with E-state index in [-0.39, 0.29) is 6.61 Å². The lowest BCUT2D eigenvalue weighted by Crippen LogP contribution is -1.95. The maximum absolute atomic E-state index is 8.63. The maximum Gasteiger partial charge on any atom is 0.120 e. The second-order valence-electron chi connectivity index (χ2n) is 4.12. The second-order valence-corrected chi connectivity index (χ2v) is 4.12. The van der Waals surface area contributed by atoms with Gasteiger partial charge in [0.1, 0.15) is 24.7 Å². The van der Waals surface area contributed by atoms with Crippen LogP contribution < -0.4 is 9.47 Å². The number of hydrogen-bond acceptors (Lipinski definition) is 3. The highest BCUT2D eigenvalue weighted by molar-refractivity contribution is 5.36. The van der Waals surface area contributed by atoms with Gasteiger partial charge in [0.05, 0.1) is 7.11 Å². The smallest absolute Gasteiger partial charge is 0.120 e. The van der Waals surface area contributed by atoms with Gasteiger partial charge >= 0.3 is 0 Å². The molecule has 0 saturated heterocycles. The lowest BCUT2D eigenvalue weighted by molar-refractivity contribution is 0.305. The summed E-state index contributed by atoms with van der Waals surface area (Å²) in [6, 6.07) is 15.2. The molecule has 0 saturated carbocycles. The minimum Gasteiger partial charge on any atom is -0.497 e. The van der Waals surface area contributed by atoms with Crippen LogP contribution in [-0.4, -0.2) is 18.8 Å². The van der Waals surface area contributed by atoms with Crippen molar-refractivity contribution in [1.29, 1.82) is 0 Å². The lowest BCUT2D eigenvalue weighted by atomic mass is 10.1. The first-order valence-electron chi connectivity index (χ1n) is 6.27. The average molecular weight is 268 g/mol. The SMILES string of the molecule is COc1ccc(OCc2ccc(C#CCO)cc2)cc1. The zero-order chi connectivity index (χ0) is 14.2. The number of methoxy groups -OCH3 is 1. The predicted molar refractivity (Wildman–Crippen MR) is 77.7 cm³/mol. The zero-order valence-corrected chi connectivity index (χ0v) is 11.3. The van der Waals surface area contributed by atoms with Gasteiger partial charge < -0.3 is 14.6 Å². The Labute approximate surface area is 118 Å². The Morgan fingerprint density at radius 1 is 0.950 bits per heavy atom. The van der Waals surface area contributed by atoms with Crippen LogP contribution in [0.4, 0.5) is 0 Å². The van der Waals surface area contributed by atoms with Crippen molar-refractivity contribution in [2.24, 2.45) is 0 Å². The Morgan fingerprint density at radius 3 is 2.20 bits per heavy atom. The molecule has 0 bridgehead atoms. The fourth-order valence-corrected chi connectivity index (χ4v) is 1.66. The molecule has 0 amide bonds. The highest BCUT2D eigenvalue weighted by Gasteiger charge is 1.97. The summed E-state index contributed by atoms with van der Waals surface area (Å²) in [5, 5.41) is 8.63. The van der Waals surface area contributed by atoms with Crippen LogP contribution in [0.2, 0.25) is 0 Å². The summed E-state index contributed by atoms with van der Waals surface area (Å²) in [6.07, 6.45) is 0. The molecular weight excluding hydrogens is 252 g/mol. The van der Waals surface area contributed by atoms with Crippen molar-refractivity contribution in [3.8, 4) is 23.3 Å². The van der Waals surface area contributed by atoms with Crippen molar-refractivity contribution in [1.82, 2.24) is 0 Å². The van der Waals surface area contributed by atoms with E-state index >= 15 is 0 Å². The Balaban J connectivity index is 1.93. The van der Waals surface area contributed by atoms with E-state index in [1.807, 2.05) is 48.5 Å². The van der Waals surface area contributed by atoms with Crippen molar-refractivity contribution in [2.45, 2.75) is 6.61 Å². The quantitative estimate of drug-likeness (QED) is 0.866. The van der Waals surface area contributed by atoms with Crippen LogP contribution in [0.3, 0.4) is 0 Å². The van der Waals surface area contributed by atoms with Gasteiger partial charge in [0, 0.05) is 5.56 Å². The summed E-state index contributed by atoms with van der Waals surface area (Å²) >= 11 is 0. The standard InChI is InChI=1S/C17H16O3/c1-19-16-8-10-17(11-9-16)20-13-15-6-4-14(5-7-15)3-2-12-18/h4-11,18H,12-13H2,1H3.